The second-order valence-corrected chi connectivity index (χ2v) is 11.3. The molecular weight excluding hydrogens is 415 g/mol. The van der Waals surface area contributed by atoms with Crippen LogP contribution in [-0.4, -0.2) is 29.1 Å². The Morgan fingerprint density at radius 1 is 1.23 bits per heavy atom. The first-order valence-corrected chi connectivity index (χ1v) is 12.0. The summed E-state index contributed by atoms with van der Waals surface area (Å²) in [5, 5.41) is 3.43. The van der Waals surface area contributed by atoms with Crippen LogP contribution in [-0.2, 0) is 26.8 Å². The molecule has 2 aromatic rings. The Balaban J connectivity index is 1.61. The van der Waals surface area contributed by atoms with E-state index in [1.54, 1.807) is 18.2 Å². The maximum absolute atomic E-state index is 13.7. The van der Waals surface area contributed by atoms with Gasteiger partial charge in [-0.05, 0) is 57.4 Å². The SMILES string of the molecule is C[S+](OC[C@@]1(C(N)=O)CC[C@H](c2ccc(OCc3ccccc3F)cc2)N1)C(C)(C)C. The lowest BCUT2D eigenvalue weighted by molar-refractivity contribution is -0.125. The van der Waals surface area contributed by atoms with E-state index < -0.39 is 5.54 Å². The number of amides is 1. The van der Waals surface area contributed by atoms with E-state index in [-0.39, 0.29) is 46.9 Å². The van der Waals surface area contributed by atoms with Crippen molar-refractivity contribution in [3.8, 4) is 5.75 Å². The average molecular weight is 448 g/mol. The van der Waals surface area contributed by atoms with Crippen LogP contribution in [0.5, 0.6) is 5.75 Å². The van der Waals surface area contributed by atoms with E-state index in [0.717, 1.165) is 12.0 Å². The van der Waals surface area contributed by atoms with Gasteiger partial charge in [-0.2, -0.15) is 4.18 Å². The molecule has 31 heavy (non-hydrogen) atoms. The number of nitrogens with one attached hydrogen (secondary N) is 1. The average Bonchev–Trinajstić information content (AvgIpc) is 3.17. The number of hydrogen-bond acceptors (Lipinski definition) is 4. The summed E-state index contributed by atoms with van der Waals surface area (Å²) in [6.07, 6.45) is 3.45. The first-order chi connectivity index (χ1) is 14.6. The van der Waals surface area contributed by atoms with Gasteiger partial charge in [-0.3, -0.25) is 10.1 Å². The molecule has 0 bridgehead atoms. The zero-order valence-corrected chi connectivity index (χ0v) is 19.4. The van der Waals surface area contributed by atoms with Gasteiger partial charge in [0.05, 0.1) is 0 Å². The third-order valence-corrected chi connectivity index (χ3v) is 7.96. The molecule has 0 radical (unpaired) electrons. The summed E-state index contributed by atoms with van der Waals surface area (Å²) in [6, 6.07) is 14.2. The van der Waals surface area contributed by atoms with Gasteiger partial charge in [-0.1, -0.05) is 30.3 Å². The molecule has 0 saturated carbocycles. The van der Waals surface area contributed by atoms with Gasteiger partial charge in [-0.25, -0.2) is 4.39 Å². The van der Waals surface area contributed by atoms with Crippen LogP contribution in [0.1, 0.15) is 50.8 Å². The van der Waals surface area contributed by atoms with Crippen LogP contribution in [0.2, 0.25) is 0 Å². The molecule has 0 aliphatic carbocycles. The summed E-state index contributed by atoms with van der Waals surface area (Å²) in [4.78, 5) is 12.3. The quantitative estimate of drug-likeness (QED) is 0.599. The van der Waals surface area contributed by atoms with Crippen LogP contribution >= 0.6 is 0 Å². The molecule has 1 aliphatic heterocycles. The highest BCUT2D eigenvalue weighted by Gasteiger charge is 2.47. The van der Waals surface area contributed by atoms with Crippen molar-refractivity contribution in [1.29, 1.82) is 0 Å². The minimum absolute atomic E-state index is 0.00462. The van der Waals surface area contributed by atoms with Crippen molar-refractivity contribution in [2.45, 2.75) is 56.5 Å². The molecule has 1 unspecified atom stereocenters. The maximum Gasteiger partial charge on any atom is 0.240 e. The molecule has 168 valence electrons. The van der Waals surface area contributed by atoms with E-state index >= 15 is 0 Å². The minimum atomic E-state index is -0.864. The van der Waals surface area contributed by atoms with Gasteiger partial charge in [-0.15, -0.1) is 0 Å². The number of rotatable bonds is 8. The van der Waals surface area contributed by atoms with Gasteiger partial charge in [0.25, 0.3) is 0 Å². The molecular formula is C24H32FN2O3S+. The second-order valence-electron chi connectivity index (χ2n) is 8.96. The highest BCUT2D eigenvalue weighted by atomic mass is 32.2. The summed E-state index contributed by atoms with van der Waals surface area (Å²) >= 11 is -0.296. The summed E-state index contributed by atoms with van der Waals surface area (Å²) in [5.41, 5.74) is 6.47. The molecule has 7 heteroatoms. The lowest BCUT2D eigenvalue weighted by Crippen LogP contribution is -2.56. The number of halogens is 1. The maximum atomic E-state index is 13.7. The first kappa shape index (κ1) is 23.6. The molecule has 3 rings (SSSR count). The molecule has 1 saturated heterocycles. The van der Waals surface area contributed by atoms with Crippen molar-refractivity contribution in [3.63, 3.8) is 0 Å². The number of carbonyl (C=O) groups is 1. The molecule has 5 nitrogen and oxygen atoms in total. The Labute approximate surface area is 187 Å². The summed E-state index contributed by atoms with van der Waals surface area (Å²) in [6.45, 7) is 6.79. The Morgan fingerprint density at radius 3 is 2.52 bits per heavy atom. The fourth-order valence-corrected chi connectivity index (χ4v) is 4.17. The highest BCUT2D eigenvalue weighted by molar-refractivity contribution is 7.93. The van der Waals surface area contributed by atoms with E-state index in [4.69, 9.17) is 14.7 Å². The van der Waals surface area contributed by atoms with Crippen LogP contribution in [0.25, 0.3) is 0 Å². The molecule has 1 amide bonds. The smallest absolute Gasteiger partial charge is 0.240 e. The number of carbonyl (C=O) groups excluding carboxylic acids is 1. The number of ether oxygens (including phenoxy) is 1. The zero-order chi connectivity index (χ0) is 22.6. The summed E-state index contributed by atoms with van der Waals surface area (Å²) in [5.74, 6) is 0.00104. The summed E-state index contributed by atoms with van der Waals surface area (Å²) < 4.78 is 25.5. The van der Waals surface area contributed by atoms with E-state index in [0.29, 0.717) is 17.7 Å². The summed E-state index contributed by atoms with van der Waals surface area (Å²) in [7, 11) is 0. The van der Waals surface area contributed by atoms with Crippen molar-refractivity contribution >= 4 is 17.1 Å². The van der Waals surface area contributed by atoms with E-state index in [2.05, 4.69) is 26.1 Å². The van der Waals surface area contributed by atoms with Gasteiger partial charge >= 0.3 is 0 Å². The van der Waals surface area contributed by atoms with Crippen LogP contribution in [0.4, 0.5) is 4.39 Å². The normalized spacial score (nSPS) is 22.3. The van der Waals surface area contributed by atoms with E-state index in [1.165, 1.54) is 6.07 Å². The molecule has 0 aromatic heterocycles. The van der Waals surface area contributed by atoms with E-state index in [9.17, 15) is 9.18 Å². The van der Waals surface area contributed by atoms with Crippen molar-refractivity contribution in [3.05, 3.63) is 65.5 Å². The zero-order valence-electron chi connectivity index (χ0n) is 18.6. The second kappa shape index (κ2) is 9.59. The lowest BCUT2D eigenvalue weighted by Gasteiger charge is -2.27. The Morgan fingerprint density at radius 2 is 1.90 bits per heavy atom. The van der Waals surface area contributed by atoms with Crippen molar-refractivity contribution in [1.82, 2.24) is 5.32 Å². The standard InChI is InChI=1S/C24H31FN2O3S/c1-23(2,3)31(4)30-16-24(22(26)28)14-13-21(27-24)17-9-11-19(12-10-17)29-15-18-7-5-6-8-20(18)25/h5-12,21,27H,13-16H2,1-4H3,(H-,26,28)/p+1/t21-,24-,31?/m1/s1. The fourth-order valence-electron chi connectivity index (χ4n) is 3.44. The Bertz CT molecular complexity index is 900. The largest absolute Gasteiger partial charge is 0.489 e. The molecule has 3 atom stereocenters. The number of hydrogen-bond donors (Lipinski definition) is 2. The van der Waals surface area contributed by atoms with Gasteiger partial charge in [0, 0.05) is 11.6 Å². The van der Waals surface area contributed by atoms with Crippen LogP contribution in [0.15, 0.2) is 48.5 Å². The monoisotopic (exact) mass is 447 g/mol. The number of benzene rings is 2. The predicted molar refractivity (Wildman–Crippen MR) is 123 cm³/mol. The minimum Gasteiger partial charge on any atom is -0.489 e. The first-order valence-electron chi connectivity index (χ1n) is 10.4. The van der Waals surface area contributed by atoms with Crippen molar-refractivity contribution in [2.24, 2.45) is 5.73 Å². The van der Waals surface area contributed by atoms with Crippen LogP contribution in [0.3, 0.4) is 0 Å². The molecule has 2 aromatic carbocycles. The lowest BCUT2D eigenvalue weighted by atomic mass is 9.98. The molecule has 1 aliphatic rings. The Kier molecular flexibility index (Phi) is 7.29. The van der Waals surface area contributed by atoms with Gasteiger partial charge in [0.1, 0.15) is 47.8 Å². The molecule has 1 fully saturated rings. The number of primary amides is 1. The van der Waals surface area contributed by atoms with Crippen molar-refractivity contribution in [2.75, 3.05) is 12.9 Å². The van der Waals surface area contributed by atoms with Gasteiger partial charge in [0.2, 0.25) is 5.91 Å². The fraction of sp³-hybridized carbons (Fsp3) is 0.458. The highest BCUT2D eigenvalue weighted by Crippen LogP contribution is 2.35. The molecule has 1 heterocycles. The van der Waals surface area contributed by atoms with E-state index in [1.807, 2.05) is 30.5 Å². The third kappa shape index (κ3) is 5.79. The topological polar surface area (TPSA) is 73.6 Å². The van der Waals surface area contributed by atoms with Gasteiger partial charge < -0.3 is 10.5 Å². The third-order valence-electron chi connectivity index (χ3n) is 5.76. The van der Waals surface area contributed by atoms with Crippen molar-refractivity contribution < 1.29 is 18.1 Å². The van der Waals surface area contributed by atoms with Gasteiger partial charge in [0.15, 0.2) is 4.75 Å². The Hall–Kier alpha value is -2.09. The van der Waals surface area contributed by atoms with Crippen LogP contribution in [0, 0.1) is 5.82 Å². The number of nitrogens with two attached hydrogens (primary N) is 1. The molecule has 3 N–H and O–H groups in total. The molecule has 0 spiro atoms. The van der Waals surface area contributed by atoms with Crippen LogP contribution < -0.4 is 15.8 Å². The predicted octanol–water partition coefficient (Wildman–Crippen LogP) is 4.03.